The van der Waals surface area contributed by atoms with Gasteiger partial charge in [-0.2, -0.15) is 0 Å². The summed E-state index contributed by atoms with van der Waals surface area (Å²) in [5, 5.41) is 2.22. The Morgan fingerprint density at radius 1 is 1.18 bits per heavy atom. The molecule has 2 saturated heterocycles. The lowest BCUT2D eigenvalue weighted by atomic mass is 9.98. The predicted octanol–water partition coefficient (Wildman–Crippen LogP) is 2.79. The van der Waals surface area contributed by atoms with E-state index >= 15 is 0 Å². The zero-order valence-corrected chi connectivity index (χ0v) is 20.9. The minimum absolute atomic E-state index is 0.0178. The highest BCUT2D eigenvalue weighted by molar-refractivity contribution is 7.91. The van der Waals surface area contributed by atoms with Crippen molar-refractivity contribution in [3.05, 3.63) is 29.6 Å². The number of piperidine rings is 1. The summed E-state index contributed by atoms with van der Waals surface area (Å²) in [6, 6.07) is 4.22. The maximum absolute atomic E-state index is 14.3. The first kappa shape index (κ1) is 26.4. The third-order valence-corrected chi connectivity index (χ3v) is 8.51. The zero-order valence-electron chi connectivity index (χ0n) is 20.1. The molecule has 190 valence electrons. The quantitative estimate of drug-likeness (QED) is 0.352. The van der Waals surface area contributed by atoms with E-state index in [0.29, 0.717) is 38.3 Å². The SMILES string of the molecule is C[C@@H](CS(=O)(=O)CCCCCN1CC(=O)NC1=O)c1ccc(F)c(OCC2CCN(C)CC2)c1. The molecule has 2 aliphatic heterocycles. The molecule has 0 aliphatic carbocycles. The number of halogens is 1. The van der Waals surface area contributed by atoms with E-state index in [4.69, 9.17) is 4.74 Å². The van der Waals surface area contributed by atoms with Crippen molar-refractivity contribution < 1.29 is 27.1 Å². The third-order valence-electron chi connectivity index (χ3n) is 6.59. The number of urea groups is 1. The van der Waals surface area contributed by atoms with Gasteiger partial charge in [-0.3, -0.25) is 10.1 Å². The molecule has 2 aliphatic rings. The van der Waals surface area contributed by atoms with Crippen molar-refractivity contribution >= 4 is 21.8 Å². The Bertz CT molecular complexity index is 963. The zero-order chi connectivity index (χ0) is 24.7. The molecule has 1 atom stereocenters. The van der Waals surface area contributed by atoms with Crippen LogP contribution in [-0.4, -0.2) is 81.5 Å². The fraction of sp³-hybridized carbons (Fsp3) is 0.667. The minimum atomic E-state index is -3.29. The Labute approximate surface area is 201 Å². The molecule has 0 bridgehead atoms. The number of likely N-dealkylation sites (tertiary alicyclic amines) is 1. The first-order valence-corrected chi connectivity index (χ1v) is 13.8. The van der Waals surface area contributed by atoms with Gasteiger partial charge in [0.1, 0.15) is 6.54 Å². The van der Waals surface area contributed by atoms with Crippen LogP contribution in [0.2, 0.25) is 0 Å². The summed E-state index contributed by atoms with van der Waals surface area (Å²) in [4.78, 5) is 26.4. The Morgan fingerprint density at radius 3 is 2.59 bits per heavy atom. The van der Waals surface area contributed by atoms with Crippen molar-refractivity contribution in [2.45, 2.75) is 44.9 Å². The molecule has 1 aromatic carbocycles. The Balaban J connectivity index is 1.43. The molecule has 2 fully saturated rings. The minimum Gasteiger partial charge on any atom is -0.490 e. The molecule has 1 N–H and O–H groups in total. The van der Waals surface area contributed by atoms with Crippen LogP contribution in [0.3, 0.4) is 0 Å². The summed E-state index contributed by atoms with van der Waals surface area (Å²) in [5.74, 6) is -0.393. The number of amides is 3. The van der Waals surface area contributed by atoms with Gasteiger partial charge in [0, 0.05) is 6.54 Å². The number of ether oxygens (including phenoxy) is 1. The van der Waals surface area contributed by atoms with Crippen LogP contribution in [0.15, 0.2) is 18.2 Å². The summed E-state index contributed by atoms with van der Waals surface area (Å²) in [6.45, 7) is 4.82. The maximum Gasteiger partial charge on any atom is 0.324 e. The molecule has 34 heavy (non-hydrogen) atoms. The highest BCUT2D eigenvalue weighted by Crippen LogP contribution is 2.27. The summed E-state index contributed by atoms with van der Waals surface area (Å²) >= 11 is 0. The Morgan fingerprint density at radius 2 is 1.91 bits per heavy atom. The summed E-state index contributed by atoms with van der Waals surface area (Å²) in [5.41, 5.74) is 0.744. The topological polar surface area (TPSA) is 96.0 Å². The van der Waals surface area contributed by atoms with Crippen LogP contribution >= 0.6 is 0 Å². The second-order valence-corrected chi connectivity index (χ2v) is 11.8. The lowest BCUT2D eigenvalue weighted by Crippen LogP contribution is -2.32. The monoisotopic (exact) mass is 497 g/mol. The molecular formula is C24H36FN3O5S. The van der Waals surface area contributed by atoms with Crippen molar-refractivity contribution in [1.82, 2.24) is 15.1 Å². The highest BCUT2D eigenvalue weighted by Gasteiger charge is 2.26. The molecule has 0 aromatic heterocycles. The Hall–Kier alpha value is -2.20. The van der Waals surface area contributed by atoms with Crippen LogP contribution in [0.25, 0.3) is 0 Å². The van der Waals surface area contributed by atoms with Gasteiger partial charge >= 0.3 is 6.03 Å². The van der Waals surface area contributed by atoms with E-state index in [1.54, 1.807) is 12.1 Å². The average Bonchev–Trinajstić information content (AvgIpc) is 3.10. The first-order valence-electron chi connectivity index (χ1n) is 12.0. The number of rotatable bonds is 12. The van der Waals surface area contributed by atoms with Gasteiger partial charge in [0.2, 0.25) is 5.91 Å². The van der Waals surface area contributed by atoms with Crippen LogP contribution in [0.5, 0.6) is 5.75 Å². The number of carbonyl (C=O) groups excluding carboxylic acids is 2. The fourth-order valence-electron chi connectivity index (χ4n) is 4.40. The largest absolute Gasteiger partial charge is 0.490 e. The summed E-state index contributed by atoms with van der Waals surface area (Å²) in [7, 11) is -1.20. The van der Waals surface area contributed by atoms with Crippen LogP contribution in [-0.2, 0) is 14.6 Å². The first-order chi connectivity index (χ1) is 16.1. The molecule has 3 amide bonds. The second kappa shape index (κ2) is 12.0. The van der Waals surface area contributed by atoms with E-state index in [-0.39, 0.29) is 41.7 Å². The van der Waals surface area contributed by atoms with Gasteiger partial charge < -0.3 is 14.5 Å². The number of nitrogens with zero attached hydrogens (tertiary/aromatic N) is 2. The van der Waals surface area contributed by atoms with Crippen LogP contribution in [0.1, 0.15) is 50.5 Å². The smallest absolute Gasteiger partial charge is 0.324 e. The molecule has 10 heteroatoms. The molecule has 0 unspecified atom stereocenters. The highest BCUT2D eigenvalue weighted by atomic mass is 32.2. The van der Waals surface area contributed by atoms with Gasteiger partial charge in [-0.05, 0) is 75.4 Å². The van der Waals surface area contributed by atoms with Crippen molar-refractivity contribution in [2.75, 3.05) is 51.3 Å². The number of benzene rings is 1. The van der Waals surface area contributed by atoms with E-state index in [0.717, 1.165) is 31.5 Å². The molecule has 3 rings (SSSR count). The summed E-state index contributed by atoms with van der Waals surface area (Å²) < 4.78 is 45.3. The second-order valence-electron chi connectivity index (χ2n) is 9.60. The predicted molar refractivity (Wildman–Crippen MR) is 128 cm³/mol. The lowest BCUT2D eigenvalue weighted by molar-refractivity contribution is -0.118. The van der Waals surface area contributed by atoms with Crippen LogP contribution in [0.4, 0.5) is 9.18 Å². The number of nitrogens with one attached hydrogen (secondary N) is 1. The molecular weight excluding hydrogens is 461 g/mol. The van der Waals surface area contributed by atoms with Crippen LogP contribution < -0.4 is 10.1 Å². The summed E-state index contributed by atoms with van der Waals surface area (Å²) in [6.07, 6.45) is 3.83. The number of imide groups is 1. The number of unbranched alkanes of at least 4 members (excludes halogenated alkanes) is 2. The maximum atomic E-state index is 14.3. The van der Waals surface area contributed by atoms with E-state index in [2.05, 4.69) is 17.3 Å². The van der Waals surface area contributed by atoms with E-state index in [1.165, 1.54) is 11.0 Å². The normalized spacial score (nSPS) is 18.9. The van der Waals surface area contributed by atoms with E-state index < -0.39 is 15.7 Å². The molecule has 8 nitrogen and oxygen atoms in total. The van der Waals surface area contributed by atoms with E-state index in [1.807, 2.05) is 6.92 Å². The van der Waals surface area contributed by atoms with Crippen LogP contribution in [0, 0.1) is 11.7 Å². The van der Waals surface area contributed by atoms with Crippen molar-refractivity contribution in [3.63, 3.8) is 0 Å². The van der Waals surface area contributed by atoms with Gasteiger partial charge in [0.25, 0.3) is 0 Å². The molecule has 0 spiro atoms. The van der Waals surface area contributed by atoms with Gasteiger partial charge in [0.15, 0.2) is 21.4 Å². The molecule has 1 aromatic rings. The fourth-order valence-corrected chi connectivity index (χ4v) is 6.16. The molecule has 0 saturated carbocycles. The van der Waals surface area contributed by atoms with Gasteiger partial charge in [-0.1, -0.05) is 19.4 Å². The number of hydrogen-bond donors (Lipinski definition) is 1. The van der Waals surface area contributed by atoms with Crippen molar-refractivity contribution in [2.24, 2.45) is 5.92 Å². The molecule has 2 heterocycles. The number of sulfone groups is 1. The van der Waals surface area contributed by atoms with Crippen molar-refractivity contribution in [1.29, 1.82) is 0 Å². The number of carbonyl (C=O) groups is 2. The van der Waals surface area contributed by atoms with Gasteiger partial charge in [-0.15, -0.1) is 0 Å². The standard InChI is InChI=1S/C24H36FN3O5S/c1-18(17-34(31,32)13-5-3-4-10-28-15-23(29)26-24(28)30)20-6-7-21(25)22(14-20)33-16-19-8-11-27(2)12-9-19/h6-7,14,18-19H,3-5,8-13,15-17H2,1-2H3,(H,26,29,30)/t18-/m0/s1. The van der Waals surface area contributed by atoms with Gasteiger partial charge in [0.05, 0.1) is 18.1 Å². The molecule has 0 radical (unpaired) electrons. The van der Waals surface area contributed by atoms with Gasteiger partial charge in [-0.25, -0.2) is 17.6 Å². The lowest BCUT2D eigenvalue weighted by Gasteiger charge is -2.28. The third kappa shape index (κ3) is 7.94. The van der Waals surface area contributed by atoms with E-state index in [9.17, 15) is 22.4 Å². The van der Waals surface area contributed by atoms with Crippen molar-refractivity contribution in [3.8, 4) is 5.75 Å². The number of hydrogen-bond acceptors (Lipinski definition) is 6. The average molecular weight is 498 g/mol. The Kier molecular flexibility index (Phi) is 9.30.